The summed E-state index contributed by atoms with van der Waals surface area (Å²) in [5, 5.41) is 0. The average Bonchev–Trinajstić information content (AvgIpc) is 2.95. The van der Waals surface area contributed by atoms with Gasteiger partial charge in [0.1, 0.15) is 34.5 Å². The van der Waals surface area contributed by atoms with Crippen LogP contribution in [0.2, 0.25) is 0 Å². The first kappa shape index (κ1) is 33.4. The van der Waals surface area contributed by atoms with Gasteiger partial charge in [-0.1, -0.05) is 38.0 Å². The van der Waals surface area contributed by atoms with Crippen molar-refractivity contribution in [1.82, 2.24) is 0 Å². The third-order valence-electron chi connectivity index (χ3n) is 6.61. The fraction of sp³-hybridized carbons (Fsp3) is 0.212. The molecular formula is C33H24F10O2. The number of hydrogen-bond donors (Lipinski definition) is 0. The van der Waals surface area contributed by atoms with E-state index in [1.165, 1.54) is 12.1 Å². The van der Waals surface area contributed by atoms with Crippen molar-refractivity contribution in [3.8, 4) is 11.5 Å². The van der Waals surface area contributed by atoms with Crippen LogP contribution < -0.4 is 9.47 Å². The molecule has 0 radical (unpaired) electrons. The van der Waals surface area contributed by atoms with E-state index in [1.54, 1.807) is 0 Å². The summed E-state index contributed by atoms with van der Waals surface area (Å²) in [7, 11) is 0. The number of benzene rings is 4. The van der Waals surface area contributed by atoms with Crippen LogP contribution in [0.25, 0.3) is 12.2 Å². The molecule has 2 nitrogen and oxygen atoms in total. The van der Waals surface area contributed by atoms with Crippen molar-refractivity contribution < 1.29 is 53.4 Å². The molecule has 12 heteroatoms. The lowest BCUT2D eigenvalue weighted by Gasteiger charge is -2.21. The molecule has 0 spiro atoms. The predicted molar refractivity (Wildman–Crippen MR) is 147 cm³/mol. The van der Waals surface area contributed by atoms with Gasteiger partial charge in [-0.05, 0) is 66.4 Å². The molecule has 45 heavy (non-hydrogen) atoms. The Morgan fingerprint density at radius 3 is 1.76 bits per heavy atom. The van der Waals surface area contributed by atoms with Gasteiger partial charge in [0.25, 0.3) is 0 Å². The first-order valence-electron chi connectivity index (χ1n) is 13.5. The van der Waals surface area contributed by atoms with Crippen LogP contribution in [0.3, 0.4) is 0 Å². The molecule has 0 aliphatic heterocycles. The molecule has 4 aromatic carbocycles. The van der Waals surface area contributed by atoms with E-state index in [4.69, 9.17) is 0 Å². The summed E-state index contributed by atoms with van der Waals surface area (Å²) >= 11 is 0. The molecule has 0 aliphatic carbocycles. The Kier molecular flexibility index (Phi) is 10.1. The highest BCUT2D eigenvalue weighted by Gasteiger charge is 2.39. The molecule has 0 aliphatic rings. The predicted octanol–water partition coefficient (Wildman–Crippen LogP) is 10.7. The Morgan fingerprint density at radius 1 is 0.600 bits per heavy atom. The van der Waals surface area contributed by atoms with Gasteiger partial charge in [0, 0.05) is 23.8 Å². The average molecular weight is 643 g/mol. The molecule has 0 aromatic heterocycles. The Hall–Kier alpha value is -4.48. The normalized spacial score (nSPS) is 12.2. The smallest absolute Gasteiger partial charge is 0.429 e. The molecule has 0 fully saturated rings. The highest BCUT2D eigenvalue weighted by molar-refractivity contribution is 5.70. The van der Waals surface area contributed by atoms with Gasteiger partial charge in [0.15, 0.2) is 17.5 Å². The number of rotatable bonds is 12. The van der Waals surface area contributed by atoms with Gasteiger partial charge < -0.3 is 9.47 Å². The number of ether oxygens (including phenoxy) is 2. The van der Waals surface area contributed by atoms with Crippen molar-refractivity contribution in [3.63, 3.8) is 0 Å². The minimum absolute atomic E-state index is 0.288. The summed E-state index contributed by atoms with van der Waals surface area (Å²) in [5.41, 5.74) is -2.27. The molecule has 238 valence electrons. The van der Waals surface area contributed by atoms with E-state index in [1.807, 2.05) is 6.92 Å². The van der Waals surface area contributed by atoms with Crippen molar-refractivity contribution in [2.24, 2.45) is 0 Å². The Bertz CT molecular complexity index is 1640. The second kappa shape index (κ2) is 13.7. The van der Waals surface area contributed by atoms with Crippen molar-refractivity contribution >= 4 is 12.2 Å². The van der Waals surface area contributed by atoms with E-state index in [2.05, 4.69) is 9.47 Å². The maximum absolute atomic E-state index is 14.8. The number of aryl methyl sites for hydroxylation is 1. The lowest BCUT2D eigenvalue weighted by Crippen LogP contribution is -2.24. The zero-order valence-electron chi connectivity index (χ0n) is 23.4. The summed E-state index contributed by atoms with van der Waals surface area (Å²) in [6.45, 7) is 2.03. The van der Waals surface area contributed by atoms with Crippen LogP contribution in [0.5, 0.6) is 11.5 Å². The van der Waals surface area contributed by atoms with E-state index in [9.17, 15) is 43.9 Å². The quantitative estimate of drug-likeness (QED) is 0.0663. The molecule has 0 bridgehead atoms. The molecule has 4 rings (SSSR count). The highest BCUT2D eigenvalue weighted by Crippen LogP contribution is 2.38. The summed E-state index contributed by atoms with van der Waals surface area (Å²) < 4.78 is 152. The summed E-state index contributed by atoms with van der Waals surface area (Å²) in [6, 6.07) is 8.46. The van der Waals surface area contributed by atoms with E-state index in [0.29, 0.717) is 42.8 Å². The van der Waals surface area contributed by atoms with Gasteiger partial charge in [-0.2, -0.15) is 17.6 Å². The van der Waals surface area contributed by atoms with E-state index in [-0.39, 0.29) is 11.6 Å². The first-order valence-corrected chi connectivity index (χ1v) is 13.5. The zero-order chi connectivity index (χ0) is 32.9. The van der Waals surface area contributed by atoms with E-state index >= 15 is 0 Å². The molecule has 0 atom stereocenters. The van der Waals surface area contributed by atoms with Crippen molar-refractivity contribution in [3.05, 3.63) is 129 Å². The highest BCUT2D eigenvalue weighted by atomic mass is 19.3. The maximum Gasteiger partial charge on any atom is 0.429 e. The lowest BCUT2D eigenvalue weighted by atomic mass is 10.1. The molecule has 0 saturated heterocycles. The standard InChI is InChI=1S/C33H24F10O2/c1-2-3-4-5-19-6-9-21(10-7-19)32(40,41)44-22-11-13-25(28(36)16-22)33(42,43)45-23-17-26(34)24(27(35)18-23)12-8-20-14-29(37)31(39)30(38)15-20/h6-18H,2-5H2,1H3/b12-8+. The van der Waals surface area contributed by atoms with Crippen molar-refractivity contribution in [2.45, 2.75) is 44.8 Å². The second-order valence-corrected chi connectivity index (χ2v) is 9.97. The van der Waals surface area contributed by atoms with Gasteiger partial charge in [0.2, 0.25) is 0 Å². The minimum atomic E-state index is -4.53. The fourth-order valence-electron chi connectivity index (χ4n) is 4.28. The molecule has 0 unspecified atom stereocenters. The zero-order valence-corrected chi connectivity index (χ0v) is 23.4. The Morgan fingerprint density at radius 2 is 1.18 bits per heavy atom. The Balaban J connectivity index is 1.47. The fourth-order valence-corrected chi connectivity index (χ4v) is 4.28. The van der Waals surface area contributed by atoms with Crippen molar-refractivity contribution in [1.29, 1.82) is 0 Å². The van der Waals surface area contributed by atoms with Crippen LogP contribution in [0.1, 0.15) is 54.0 Å². The molecule has 0 amide bonds. The largest absolute Gasteiger partial charge is 0.429 e. The molecule has 0 heterocycles. The monoisotopic (exact) mass is 642 g/mol. The second-order valence-electron chi connectivity index (χ2n) is 9.97. The lowest BCUT2D eigenvalue weighted by molar-refractivity contribution is -0.188. The number of unbranched alkanes of at least 4 members (excludes halogenated alkanes) is 2. The van der Waals surface area contributed by atoms with Gasteiger partial charge in [-0.3, -0.25) is 0 Å². The molecular weight excluding hydrogens is 618 g/mol. The van der Waals surface area contributed by atoms with Crippen LogP contribution in [-0.4, -0.2) is 0 Å². The number of halogens is 10. The van der Waals surface area contributed by atoms with Crippen LogP contribution >= 0.6 is 0 Å². The van der Waals surface area contributed by atoms with Gasteiger partial charge in [0.05, 0.1) is 5.56 Å². The van der Waals surface area contributed by atoms with Gasteiger partial charge >= 0.3 is 12.2 Å². The maximum atomic E-state index is 14.8. The third-order valence-corrected chi connectivity index (χ3v) is 6.61. The van der Waals surface area contributed by atoms with Gasteiger partial charge in [-0.15, -0.1) is 0 Å². The van der Waals surface area contributed by atoms with Crippen LogP contribution in [-0.2, 0) is 18.6 Å². The van der Waals surface area contributed by atoms with Crippen molar-refractivity contribution in [2.75, 3.05) is 0 Å². The molecule has 4 aromatic rings. The first-order chi connectivity index (χ1) is 21.2. The van der Waals surface area contributed by atoms with Crippen LogP contribution in [0.15, 0.2) is 66.7 Å². The van der Waals surface area contributed by atoms with Crippen LogP contribution in [0, 0.1) is 34.9 Å². The Labute approximate surface area is 251 Å². The molecule has 0 N–H and O–H groups in total. The summed E-state index contributed by atoms with van der Waals surface area (Å²) in [5.74, 6) is -11.3. The number of alkyl halides is 4. The third kappa shape index (κ3) is 8.17. The van der Waals surface area contributed by atoms with E-state index < -0.39 is 75.3 Å². The summed E-state index contributed by atoms with van der Waals surface area (Å²) in [6.07, 6.45) is -3.33. The minimum Gasteiger partial charge on any atom is -0.429 e. The van der Waals surface area contributed by atoms with Crippen LogP contribution in [0.4, 0.5) is 43.9 Å². The van der Waals surface area contributed by atoms with E-state index in [0.717, 1.165) is 49.1 Å². The SMILES string of the molecule is CCCCCc1ccc(C(F)(F)Oc2ccc(C(F)(F)Oc3cc(F)c(/C=C/c4cc(F)c(F)c(F)c4)c(F)c3)c(F)c2)cc1. The van der Waals surface area contributed by atoms with Gasteiger partial charge in [-0.25, -0.2) is 26.3 Å². The topological polar surface area (TPSA) is 18.5 Å². The number of hydrogen-bond acceptors (Lipinski definition) is 2. The molecule has 0 saturated carbocycles. The summed E-state index contributed by atoms with van der Waals surface area (Å²) in [4.78, 5) is 0.